The molecule has 24 nitrogen and oxygen atoms in total. The van der Waals surface area contributed by atoms with Crippen LogP contribution in [0.3, 0.4) is 0 Å². The van der Waals surface area contributed by atoms with Crippen molar-refractivity contribution in [2.24, 2.45) is 0 Å². The molecule has 0 spiro atoms. The Kier molecular flexibility index (Phi) is 20.3. The van der Waals surface area contributed by atoms with Crippen LogP contribution in [0.5, 0.6) is 0 Å². The average Bonchev–Trinajstić information content (AvgIpc) is 3.20. The van der Waals surface area contributed by atoms with Crippen LogP contribution in [0, 0.1) is 13.8 Å². The molecule has 0 aliphatic carbocycles. The van der Waals surface area contributed by atoms with E-state index in [1.807, 2.05) is 0 Å². The summed E-state index contributed by atoms with van der Waals surface area (Å²) in [5, 5.41) is 9.62. The summed E-state index contributed by atoms with van der Waals surface area (Å²) in [6.45, 7) is 3.44. The fraction of sp³-hybridized carbons (Fsp3) is 0.375. The van der Waals surface area contributed by atoms with Crippen molar-refractivity contribution < 1.29 is 102 Å². The van der Waals surface area contributed by atoms with Crippen LogP contribution < -0.4 is 4.90 Å². The van der Waals surface area contributed by atoms with Gasteiger partial charge in [0.2, 0.25) is 5.69 Å². The normalized spacial score (nSPS) is 13.8. The number of aromatic carboxylic acids is 1. The number of ether oxygens (including phenoxy) is 1. The number of allylic oxidation sites excluding steroid dienone is 6. The third kappa shape index (κ3) is 19.0. The molecule has 70 heavy (non-hydrogen) atoms. The zero-order chi connectivity index (χ0) is 53.2. The molecule has 0 aromatic heterocycles. The molecule has 388 valence electrons. The van der Waals surface area contributed by atoms with Gasteiger partial charge in [-0.05, 0) is 87.4 Å². The van der Waals surface area contributed by atoms with E-state index in [0.717, 1.165) is 12.1 Å². The summed E-state index contributed by atoms with van der Waals surface area (Å²) >= 11 is 0. The third-order valence-electron chi connectivity index (χ3n) is 10.1. The largest absolute Gasteiger partial charge is 0.478 e. The van der Waals surface area contributed by atoms with Crippen molar-refractivity contribution >= 4 is 101 Å². The molecule has 3 rings (SSSR count). The molecule has 0 radical (unpaired) electrons. The number of carbonyl (C=O) groups excluding carboxylic acids is 1. The molecule has 0 heterocycles. The van der Waals surface area contributed by atoms with Crippen LogP contribution in [0.1, 0.15) is 70.9 Å². The summed E-state index contributed by atoms with van der Waals surface area (Å²) in [5.41, 5.74) is 0.299. The van der Waals surface area contributed by atoms with E-state index in [4.69, 9.17) is 9.29 Å². The van der Waals surface area contributed by atoms with Crippen molar-refractivity contribution in [3.05, 3.63) is 94.7 Å². The molecule has 0 aliphatic rings. The molecule has 0 atom stereocenters. The lowest BCUT2D eigenvalue weighted by Gasteiger charge is -2.28. The fourth-order valence-electron chi connectivity index (χ4n) is 6.94. The van der Waals surface area contributed by atoms with Gasteiger partial charge in [0.15, 0.2) is 5.71 Å². The van der Waals surface area contributed by atoms with E-state index in [1.165, 1.54) is 78.8 Å². The molecule has 3 aromatic carbocycles. The number of carboxylic acid groups (broad SMARTS) is 1. The number of nitrogens with zero attached hydrogens (tertiary/aromatic N) is 2. The Bertz CT molecular complexity index is 3320. The topological polar surface area (TPSA) is 396 Å². The Labute approximate surface area is 405 Å². The summed E-state index contributed by atoms with van der Waals surface area (Å²) in [5.74, 6) is -5.53. The molecule has 7 N–H and O–H groups in total. The monoisotopic (exact) mass is 1100 g/mol. The van der Waals surface area contributed by atoms with Crippen LogP contribution in [-0.4, -0.2) is 148 Å². The smallest absolute Gasteiger partial charge is 0.338 e. The fourth-order valence-corrected chi connectivity index (χ4v) is 10.3. The van der Waals surface area contributed by atoms with Crippen molar-refractivity contribution in [3.8, 4) is 0 Å². The molecule has 0 saturated carbocycles. The van der Waals surface area contributed by atoms with Gasteiger partial charge in [0.05, 0.1) is 45.6 Å². The van der Waals surface area contributed by atoms with Crippen LogP contribution in [0.25, 0.3) is 10.8 Å². The van der Waals surface area contributed by atoms with Crippen LogP contribution in [0.2, 0.25) is 0 Å². The zero-order valence-electron chi connectivity index (χ0n) is 37.4. The second-order valence-electron chi connectivity index (χ2n) is 15.4. The molecular weight excluding hydrogens is 1050 g/mol. The quantitative estimate of drug-likeness (QED) is 0.0150. The van der Waals surface area contributed by atoms with Gasteiger partial charge < -0.3 is 14.7 Å². The minimum absolute atomic E-state index is 0.0750. The first-order valence-corrected chi connectivity index (χ1v) is 29.6. The number of esters is 1. The highest BCUT2D eigenvalue weighted by Gasteiger charge is 2.27. The van der Waals surface area contributed by atoms with Crippen molar-refractivity contribution in [2.75, 3.05) is 47.6 Å². The predicted molar refractivity (Wildman–Crippen MR) is 255 cm³/mol. The first kappa shape index (κ1) is 59.3. The summed E-state index contributed by atoms with van der Waals surface area (Å²) in [4.78, 5) is 25.0. The van der Waals surface area contributed by atoms with Gasteiger partial charge in [-0.3, -0.25) is 27.3 Å². The number of benzene rings is 3. The number of fused-ring (bicyclic) bond motifs is 1. The second-order valence-corrected chi connectivity index (χ2v) is 24.5. The highest BCUT2D eigenvalue weighted by Crippen LogP contribution is 2.35. The molecule has 0 fully saturated rings. The van der Waals surface area contributed by atoms with Crippen LogP contribution in [0.4, 0.5) is 11.4 Å². The molecule has 0 aliphatic heterocycles. The number of rotatable bonds is 26. The minimum atomic E-state index is -5.11. The van der Waals surface area contributed by atoms with E-state index in [2.05, 4.69) is 0 Å². The zero-order valence-corrected chi connectivity index (χ0v) is 42.3. The van der Waals surface area contributed by atoms with Crippen LogP contribution >= 0.6 is 0 Å². The summed E-state index contributed by atoms with van der Waals surface area (Å²) < 4.78 is 205. The van der Waals surface area contributed by atoms with Gasteiger partial charge in [0.1, 0.15) is 11.4 Å². The molecule has 3 aromatic rings. The first-order valence-electron chi connectivity index (χ1n) is 20.3. The van der Waals surface area contributed by atoms with Gasteiger partial charge in [-0.1, -0.05) is 18.2 Å². The third-order valence-corrected chi connectivity index (χ3v) is 15.1. The molecule has 0 saturated heterocycles. The molecule has 0 bridgehead atoms. The Morgan fingerprint density at radius 2 is 1.23 bits per heavy atom. The van der Waals surface area contributed by atoms with Crippen molar-refractivity contribution in [3.63, 3.8) is 0 Å². The van der Waals surface area contributed by atoms with E-state index in [1.54, 1.807) is 0 Å². The minimum Gasteiger partial charge on any atom is -0.478 e. The number of carboxylic acids is 1. The maximum absolute atomic E-state index is 13.1. The molecule has 0 amide bonds. The van der Waals surface area contributed by atoms with E-state index in [9.17, 15) is 88.0 Å². The van der Waals surface area contributed by atoms with Gasteiger partial charge in [0, 0.05) is 53.9 Å². The SMILES string of the molecule is C\C(=C/C=C/C=C/C(CCCS(=O)(=O)O)=[N+](CCCS(=O)(=O)O)c1ccc2c(S(=O)(=O)O)cc(S(=O)(=O)O)cc2c1C)N(CCCS(=O)(=O)O)c1cc(C(=O)O)cc(C(=O)OCCCS(=O)(=O)O)c1C. The number of hydrogen-bond acceptors (Lipinski definition) is 16. The standard InChI is InChI=1S/C40H50N2O22S6/c1-27(41(16-8-20-66(49,50)51)37-24-30(39(43)44)23-35(29(37)3)40(45)64-18-10-22-68(55,56)57)11-5-4-6-12-31(13-7-19-65(46,47)48)42(17-9-21-67(52,53)54)36-15-14-33-34(28(36)2)25-32(69(58,59)60)26-38(33)70(61,62)63/h4-6,11-12,14-15,23-26H,7-10,13,16-22H2,1-3H3,(H6-,43,44,46,47,48,49,50,51,52,53,54,55,56,57,58,59,60,61,62,63)/p+1. The molecule has 30 heteroatoms. The number of anilines is 1. The van der Waals surface area contributed by atoms with Crippen molar-refractivity contribution in [2.45, 2.75) is 62.7 Å². The molecule has 0 unspecified atom stereocenters. The second kappa shape index (κ2) is 24.0. The number of carbonyl (C=O) groups is 2. The lowest BCUT2D eigenvalue weighted by Crippen LogP contribution is -2.26. The number of aryl methyl sites for hydroxylation is 1. The van der Waals surface area contributed by atoms with E-state index in [-0.39, 0.29) is 89.7 Å². The van der Waals surface area contributed by atoms with Crippen molar-refractivity contribution in [1.29, 1.82) is 0 Å². The van der Waals surface area contributed by atoms with Gasteiger partial charge >= 0.3 is 11.9 Å². The Balaban J connectivity index is 2.27. The maximum Gasteiger partial charge on any atom is 0.338 e. The summed E-state index contributed by atoms with van der Waals surface area (Å²) in [6, 6.07) is 6.18. The van der Waals surface area contributed by atoms with Crippen LogP contribution in [0.15, 0.2) is 82.3 Å². The van der Waals surface area contributed by atoms with Crippen LogP contribution in [-0.2, 0) is 65.4 Å². The van der Waals surface area contributed by atoms with Crippen molar-refractivity contribution in [1.82, 2.24) is 0 Å². The predicted octanol–water partition coefficient (Wildman–Crippen LogP) is 3.91. The van der Waals surface area contributed by atoms with E-state index in [0.29, 0.717) is 11.8 Å². The Morgan fingerprint density at radius 3 is 1.79 bits per heavy atom. The molecular formula is C40H51N2O22S6+. The number of hydrogen-bond donors (Lipinski definition) is 7. The lowest BCUT2D eigenvalue weighted by atomic mass is 10.0. The van der Waals surface area contributed by atoms with Gasteiger partial charge in [-0.15, -0.1) is 0 Å². The maximum atomic E-state index is 13.1. The first-order chi connectivity index (χ1) is 32.0. The van der Waals surface area contributed by atoms with E-state index < -0.39 is 118 Å². The Morgan fingerprint density at radius 1 is 0.657 bits per heavy atom. The van der Waals surface area contributed by atoms with Gasteiger partial charge in [-0.25, -0.2) is 9.59 Å². The Hall–Kier alpha value is -4.99. The summed E-state index contributed by atoms with van der Waals surface area (Å²) in [7, 11) is -28.1. The lowest BCUT2D eigenvalue weighted by molar-refractivity contribution is -0.441. The highest BCUT2D eigenvalue weighted by atomic mass is 32.2. The average molecular weight is 1100 g/mol. The highest BCUT2D eigenvalue weighted by molar-refractivity contribution is 7.87. The van der Waals surface area contributed by atoms with E-state index >= 15 is 0 Å². The van der Waals surface area contributed by atoms with Gasteiger partial charge in [-0.2, -0.15) is 55.1 Å². The summed E-state index contributed by atoms with van der Waals surface area (Å²) in [6.07, 6.45) is 5.97. The van der Waals surface area contributed by atoms with Gasteiger partial charge in [0.25, 0.3) is 60.7 Å².